The molecule has 0 bridgehead atoms. The highest BCUT2D eigenvalue weighted by Gasteiger charge is 2.50. The Morgan fingerprint density at radius 2 is 2.00 bits per heavy atom. The number of nitrogens with zero attached hydrogens (tertiary/aromatic N) is 2. The van der Waals surface area contributed by atoms with Crippen molar-refractivity contribution in [3.8, 4) is 16.9 Å². The van der Waals surface area contributed by atoms with Crippen molar-refractivity contribution in [2.75, 3.05) is 23.4 Å². The maximum Gasteiger partial charge on any atom is 0.253 e. The van der Waals surface area contributed by atoms with Gasteiger partial charge in [0.1, 0.15) is 17.9 Å². The molecule has 0 saturated carbocycles. The number of amides is 1. The summed E-state index contributed by atoms with van der Waals surface area (Å²) in [5.74, 6) is 0.779. The number of benzene rings is 2. The number of hydrogen-bond donors (Lipinski definition) is 3. The molecule has 1 unspecified atom stereocenters. The van der Waals surface area contributed by atoms with Crippen molar-refractivity contribution in [3.63, 3.8) is 0 Å². The number of carbonyl (C=O) groups is 1. The minimum Gasteiger partial charge on any atom is -0.491 e. The normalized spacial score (nSPS) is 20.2. The van der Waals surface area contributed by atoms with Crippen molar-refractivity contribution < 1.29 is 14.6 Å². The van der Waals surface area contributed by atoms with Crippen molar-refractivity contribution in [2.45, 2.75) is 37.8 Å². The van der Waals surface area contributed by atoms with Gasteiger partial charge in [-0.3, -0.25) is 9.89 Å². The molecule has 2 aliphatic heterocycles. The van der Waals surface area contributed by atoms with E-state index in [4.69, 9.17) is 4.74 Å². The van der Waals surface area contributed by atoms with Crippen LogP contribution in [0.3, 0.4) is 0 Å². The monoisotopic (exact) mass is 418 g/mol. The first-order chi connectivity index (χ1) is 14.8. The number of carbonyl (C=O) groups excluding carboxylic acids is 1. The Morgan fingerprint density at radius 3 is 2.71 bits per heavy atom. The number of aliphatic hydroxyl groups is 1. The van der Waals surface area contributed by atoms with E-state index >= 15 is 0 Å². The smallest absolute Gasteiger partial charge is 0.253 e. The second-order valence-corrected chi connectivity index (χ2v) is 9.04. The molecule has 1 fully saturated rings. The van der Waals surface area contributed by atoms with Gasteiger partial charge >= 0.3 is 0 Å². The van der Waals surface area contributed by atoms with Crippen LogP contribution in [0, 0.1) is 0 Å². The third-order valence-electron chi connectivity index (χ3n) is 5.97. The third-order valence-corrected chi connectivity index (χ3v) is 5.97. The molecule has 3 N–H and O–H groups in total. The van der Waals surface area contributed by atoms with Crippen LogP contribution in [-0.2, 0) is 11.2 Å². The van der Waals surface area contributed by atoms with Crippen molar-refractivity contribution in [3.05, 3.63) is 60.4 Å². The average molecular weight is 418 g/mol. The Balaban J connectivity index is 1.32. The molecule has 7 nitrogen and oxygen atoms in total. The van der Waals surface area contributed by atoms with E-state index in [9.17, 15) is 9.90 Å². The van der Waals surface area contributed by atoms with Crippen molar-refractivity contribution >= 4 is 17.3 Å². The van der Waals surface area contributed by atoms with Gasteiger partial charge in [0.25, 0.3) is 5.91 Å². The van der Waals surface area contributed by atoms with Crippen LogP contribution in [0.5, 0.6) is 5.75 Å². The first-order valence-electron chi connectivity index (χ1n) is 10.5. The minimum absolute atomic E-state index is 0.0960. The fourth-order valence-corrected chi connectivity index (χ4v) is 4.34. The van der Waals surface area contributed by atoms with Crippen LogP contribution in [-0.4, -0.2) is 45.5 Å². The molecule has 3 aromatic rings. The molecule has 160 valence electrons. The van der Waals surface area contributed by atoms with Crippen LogP contribution in [0.25, 0.3) is 11.1 Å². The number of hydrogen-bond acceptors (Lipinski definition) is 5. The van der Waals surface area contributed by atoms with Gasteiger partial charge in [-0.25, -0.2) is 0 Å². The van der Waals surface area contributed by atoms with E-state index < -0.39 is 11.1 Å². The maximum absolute atomic E-state index is 13.4. The van der Waals surface area contributed by atoms with Gasteiger partial charge in [0.05, 0.1) is 11.8 Å². The molecule has 31 heavy (non-hydrogen) atoms. The van der Waals surface area contributed by atoms with Crippen LogP contribution in [0.2, 0.25) is 0 Å². The number of nitrogens with one attached hydrogen (secondary N) is 2. The van der Waals surface area contributed by atoms with Gasteiger partial charge < -0.3 is 20.1 Å². The van der Waals surface area contributed by atoms with Gasteiger partial charge in [0, 0.05) is 42.2 Å². The van der Waals surface area contributed by atoms with E-state index in [0.717, 1.165) is 34.5 Å². The zero-order chi connectivity index (χ0) is 21.6. The molecule has 2 aliphatic rings. The zero-order valence-corrected chi connectivity index (χ0v) is 17.7. The number of aromatic amines is 1. The molecule has 0 radical (unpaired) electrons. The molecule has 1 amide bonds. The lowest BCUT2D eigenvalue weighted by atomic mass is 9.93. The summed E-state index contributed by atoms with van der Waals surface area (Å²) in [6.45, 7) is 4.30. The summed E-state index contributed by atoms with van der Waals surface area (Å²) in [5, 5.41) is 20.2. The summed E-state index contributed by atoms with van der Waals surface area (Å²) in [4.78, 5) is 15.3. The summed E-state index contributed by atoms with van der Waals surface area (Å²) in [7, 11) is 0. The van der Waals surface area contributed by atoms with Gasteiger partial charge in [0.2, 0.25) is 0 Å². The Labute approximate surface area is 181 Å². The molecule has 0 aliphatic carbocycles. The Bertz CT molecular complexity index is 1100. The van der Waals surface area contributed by atoms with E-state index in [2.05, 4.69) is 15.5 Å². The first kappa shape index (κ1) is 19.6. The molecule has 1 aromatic heterocycles. The van der Waals surface area contributed by atoms with E-state index in [1.54, 1.807) is 20.0 Å². The molecule has 2 aromatic carbocycles. The quantitative estimate of drug-likeness (QED) is 0.591. The summed E-state index contributed by atoms with van der Waals surface area (Å²) >= 11 is 0. The molecule has 1 atom stereocenters. The molecular formula is C24H26N4O3. The lowest BCUT2D eigenvalue weighted by Crippen LogP contribution is -2.45. The van der Waals surface area contributed by atoms with Crippen molar-refractivity contribution in [2.24, 2.45) is 0 Å². The Morgan fingerprint density at radius 1 is 1.19 bits per heavy atom. The van der Waals surface area contributed by atoms with Gasteiger partial charge in [-0.05, 0) is 49.6 Å². The van der Waals surface area contributed by atoms with E-state index in [0.29, 0.717) is 18.7 Å². The van der Waals surface area contributed by atoms with Crippen LogP contribution in [0.15, 0.2) is 54.9 Å². The van der Waals surface area contributed by atoms with E-state index in [1.807, 2.05) is 53.6 Å². The standard InChI is InChI=1S/C24H26N4O3/c1-23(2,30)15-31-20-8-5-17-12-24(27-21(17)11-20)9-10-28(22(24)29)19-6-3-16(4-7-19)18-13-25-26-14-18/h3-8,11,13-14,27,30H,9-10,12,15H2,1-2H3,(H,25,26). The van der Waals surface area contributed by atoms with Crippen LogP contribution < -0.4 is 15.0 Å². The van der Waals surface area contributed by atoms with Crippen molar-refractivity contribution in [1.29, 1.82) is 0 Å². The third kappa shape index (κ3) is 3.65. The molecule has 5 rings (SSSR count). The second-order valence-electron chi connectivity index (χ2n) is 9.04. The van der Waals surface area contributed by atoms with Crippen LogP contribution >= 0.6 is 0 Å². The summed E-state index contributed by atoms with van der Waals surface area (Å²) in [6.07, 6.45) is 5.04. The molecule has 3 heterocycles. The predicted molar refractivity (Wildman–Crippen MR) is 119 cm³/mol. The number of anilines is 2. The molecule has 1 saturated heterocycles. The lowest BCUT2D eigenvalue weighted by Gasteiger charge is -2.24. The van der Waals surface area contributed by atoms with E-state index in [1.165, 1.54) is 0 Å². The van der Waals surface area contributed by atoms with Gasteiger partial charge in [0.15, 0.2) is 0 Å². The topological polar surface area (TPSA) is 90.5 Å². The first-order valence-corrected chi connectivity index (χ1v) is 10.5. The number of fused-ring (bicyclic) bond motifs is 1. The fourth-order valence-electron chi connectivity index (χ4n) is 4.34. The highest BCUT2D eigenvalue weighted by Crippen LogP contribution is 2.42. The SMILES string of the molecule is CC(C)(O)COc1ccc2c(c1)NC1(CCN(c3ccc(-c4cn[nH]c4)cc3)C1=O)C2. The van der Waals surface area contributed by atoms with Gasteiger partial charge in [-0.2, -0.15) is 5.10 Å². The highest BCUT2D eigenvalue weighted by atomic mass is 16.5. The molecular weight excluding hydrogens is 392 g/mol. The predicted octanol–water partition coefficient (Wildman–Crippen LogP) is 3.37. The average Bonchev–Trinajstić information content (AvgIpc) is 3.46. The molecule has 7 heteroatoms. The van der Waals surface area contributed by atoms with Crippen molar-refractivity contribution in [1.82, 2.24) is 10.2 Å². The lowest BCUT2D eigenvalue weighted by molar-refractivity contribution is -0.120. The Kier molecular flexibility index (Phi) is 4.51. The number of rotatable bonds is 5. The Hall–Kier alpha value is -3.32. The number of ether oxygens (including phenoxy) is 1. The summed E-state index contributed by atoms with van der Waals surface area (Å²) in [6, 6.07) is 13.8. The van der Waals surface area contributed by atoms with Crippen LogP contribution in [0.4, 0.5) is 11.4 Å². The summed E-state index contributed by atoms with van der Waals surface area (Å²) in [5.41, 5.74) is 3.51. The largest absolute Gasteiger partial charge is 0.491 e. The maximum atomic E-state index is 13.4. The number of aromatic nitrogens is 2. The van der Waals surface area contributed by atoms with Gasteiger partial charge in [-0.15, -0.1) is 0 Å². The number of H-pyrrole nitrogens is 1. The molecule has 1 spiro atoms. The zero-order valence-electron chi connectivity index (χ0n) is 17.7. The van der Waals surface area contributed by atoms with E-state index in [-0.39, 0.29) is 12.5 Å². The summed E-state index contributed by atoms with van der Waals surface area (Å²) < 4.78 is 5.71. The minimum atomic E-state index is -0.900. The van der Waals surface area contributed by atoms with Gasteiger partial charge in [-0.1, -0.05) is 18.2 Å². The highest BCUT2D eigenvalue weighted by molar-refractivity contribution is 6.06. The second kappa shape index (κ2) is 7.13. The van der Waals surface area contributed by atoms with Crippen LogP contribution in [0.1, 0.15) is 25.8 Å². The fraction of sp³-hybridized carbons (Fsp3) is 0.333.